The van der Waals surface area contributed by atoms with Crippen LogP contribution in [-0.4, -0.2) is 30.2 Å². The molecule has 0 heterocycles. The predicted octanol–water partition coefficient (Wildman–Crippen LogP) is 2.58. The van der Waals surface area contributed by atoms with Crippen LogP contribution in [0.15, 0.2) is 16.6 Å². The van der Waals surface area contributed by atoms with Gasteiger partial charge in [0.25, 0.3) is 0 Å². The molecule has 0 amide bonds. The number of benzene rings is 1. The van der Waals surface area contributed by atoms with E-state index >= 15 is 0 Å². The zero-order valence-electron chi connectivity index (χ0n) is 8.40. The Morgan fingerprint density at radius 2 is 1.92 bits per heavy atom. The summed E-state index contributed by atoms with van der Waals surface area (Å²) in [6.45, 7) is 0. The Morgan fingerprint density at radius 1 is 1.33 bits per heavy atom. The first-order valence-corrected chi connectivity index (χ1v) is 3.63. The predicted molar refractivity (Wildman–Crippen MR) is 48.6 cm³/mol. The first-order valence-electron chi connectivity index (χ1n) is 2.83. The van der Waals surface area contributed by atoms with Gasteiger partial charge < -0.3 is 7.59 Å². The van der Waals surface area contributed by atoms with E-state index in [0.717, 1.165) is 12.1 Å². The van der Waals surface area contributed by atoms with Crippen molar-refractivity contribution in [2.24, 2.45) is 0 Å². The van der Waals surface area contributed by atoms with E-state index in [4.69, 9.17) is 0 Å². The number of hydrogen-bond donors (Lipinski definition) is 0. The summed E-state index contributed by atoms with van der Waals surface area (Å²) in [5, 5.41) is 0. The van der Waals surface area contributed by atoms with Gasteiger partial charge in [0, 0.05) is 6.07 Å². The molecule has 0 aliphatic heterocycles. The molecule has 0 saturated heterocycles. The quantitative estimate of drug-likeness (QED) is 0.549. The average Bonchev–Trinajstić information content (AvgIpc) is 1.97. The molecular formula is C7H7BrF2MgO. The summed E-state index contributed by atoms with van der Waals surface area (Å²) in [6, 6.07) is 2.01. The van der Waals surface area contributed by atoms with Gasteiger partial charge in [0.05, 0.1) is 11.6 Å². The monoisotopic (exact) mass is 248 g/mol. The molecule has 1 aromatic rings. The number of methoxy groups -OCH3 is 1. The minimum atomic E-state index is -0.583. The summed E-state index contributed by atoms with van der Waals surface area (Å²) < 4.78 is 30.0. The van der Waals surface area contributed by atoms with Gasteiger partial charge in [-0.25, -0.2) is 8.78 Å². The molecule has 1 nitrogen and oxygen atoms in total. The van der Waals surface area contributed by atoms with E-state index in [-0.39, 0.29) is 36.1 Å². The molecule has 0 bridgehead atoms. The summed E-state index contributed by atoms with van der Waals surface area (Å²) in [6.07, 6.45) is 0. The van der Waals surface area contributed by atoms with Crippen LogP contribution in [0.2, 0.25) is 0 Å². The van der Waals surface area contributed by atoms with Crippen LogP contribution < -0.4 is 4.74 Å². The van der Waals surface area contributed by atoms with Crippen molar-refractivity contribution < 1.29 is 16.4 Å². The van der Waals surface area contributed by atoms with Crippen LogP contribution >= 0.6 is 15.9 Å². The SMILES string of the molecule is COc1cc(F)c(Br)cc1F.[H-].[H-].[Mg+2]. The van der Waals surface area contributed by atoms with E-state index in [1.165, 1.54) is 7.11 Å². The van der Waals surface area contributed by atoms with Crippen LogP contribution in [0.25, 0.3) is 0 Å². The van der Waals surface area contributed by atoms with E-state index in [1.807, 2.05) is 0 Å². The molecule has 5 heteroatoms. The smallest absolute Gasteiger partial charge is 1.00 e. The second kappa shape index (κ2) is 4.99. The molecule has 0 radical (unpaired) electrons. The van der Waals surface area contributed by atoms with E-state index in [9.17, 15) is 8.78 Å². The summed E-state index contributed by atoms with van der Waals surface area (Å²) in [5.41, 5.74) is 0. The summed E-state index contributed by atoms with van der Waals surface area (Å²) >= 11 is 2.84. The minimum absolute atomic E-state index is 0. The van der Waals surface area contributed by atoms with Gasteiger partial charge in [-0.15, -0.1) is 0 Å². The van der Waals surface area contributed by atoms with Crippen LogP contribution in [-0.2, 0) is 0 Å². The fraction of sp³-hybridized carbons (Fsp3) is 0.143. The van der Waals surface area contributed by atoms with Gasteiger partial charge in [0.15, 0.2) is 11.6 Å². The van der Waals surface area contributed by atoms with Crippen molar-refractivity contribution in [2.45, 2.75) is 0 Å². The second-order valence-electron chi connectivity index (χ2n) is 1.90. The second-order valence-corrected chi connectivity index (χ2v) is 2.76. The fourth-order valence-electron chi connectivity index (χ4n) is 0.661. The molecule has 0 fully saturated rings. The van der Waals surface area contributed by atoms with Gasteiger partial charge in [0.2, 0.25) is 0 Å². The summed E-state index contributed by atoms with van der Waals surface area (Å²) in [4.78, 5) is 0. The third-order valence-corrected chi connectivity index (χ3v) is 1.80. The van der Waals surface area contributed by atoms with E-state index in [2.05, 4.69) is 20.7 Å². The number of rotatable bonds is 1. The summed E-state index contributed by atoms with van der Waals surface area (Å²) in [5.74, 6) is -1.21. The Bertz CT molecular complexity index is 289. The van der Waals surface area contributed by atoms with Gasteiger partial charge in [-0.2, -0.15) is 0 Å². The molecule has 1 rings (SSSR count). The maximum absolute atomic E-state index is 12.7. The Kier molecular flexibility index (Phi) is 5.04. The number of halogens is 3. The Morgan fingerprint density at radius 3 is 2.42 bits per heavy atom. The molecule has 0 atom stereocenters. The topological polar surface area (TPSA) is 9.23 Å². The largest absolute Gasteiger partial charge is 2.00 e. The molecule has 12 heavy (non-hydrogen) atoms. The zero-order valence-corrected chi connectivity index (χ0v) is 9.40. The normalized spacial score (nSPS) is 9.00. The molecule has 0 aromatic heterocycles. The maximum Gasteiger partial charge on any atom is 2.00 e. The van der Waals surface area contributed by atoms with Crippen LogP contribution in [0.3, 0.4) is 0 Å². The van der Waals surface area contributed by atoms with Crippen molar-refractivity contribution in [3.05, 3.63) is 28.2 Å². The standard InChI is InChI=1S/C7H5BrF2O.Mg.2H/c1-11-7-3-5(9)4(8)2-6(7)10;;;/h2-3H,1H3;;;/q;+2;2*-1. The number of ether oxygens (including phenoxy) is 1. The van der Waals surface area contributed by atoms with Crippen molar-refractivity contribution >= 4 is 39.0 Å². The average molecular weight is 249 g/mol. The van der Waals surface area contributed by atoms with Crippen molar-refractivity contribution in [1.82, 2.24) is 0 Å². The molecule has 0 spiro atoms. The van der Waals surface area contributed by atoms with Crippen molar-refractivity contribution in [1.29, 1.82) is 0 Å². The van der Waals surface area contributed by atoms with Crippen molar-refractivity contribution in [3.63, 3.8) is 0 Å². The molecule has 0 aliphatic carbocycles. The van der Waals surface area contributed by atoms with Crippen molar-refractivity contribution in [2.75, 3.05) is 7.11 Å². The first kappa shape index (κ1) is 12.1. The van der Waals surface area contributed by atoms with Crippen molar-refractivity contribution in [3.8, 4) is 5.75 Å². The van der Waals surface area contributed by atoms with Gasteiger partial charge in [-0.3, -0.25) is 0 Å². The first-order chi connectivity index (χ1) is 5.15. The molecule has 0 unspecified atom stereocenters. The van der Waals surface area contributed by atoms with Gasteiger partial charge in [-0.05, 0) is 22.0 Å². The molecule has 0 N–H and O–H groups in total. The maximum atomic E-state index is 12.7. The van der Waals surface area contributed by atoms with E-state index in [1.54, 1.807) is 0 Å². The summed E-state index contributed by atoms with van der Waals surface area (Å²) in [7, 11) is 1.28. The van der Waals surface area contributed by atoms with Crippen LogP contribution in [0.1, 0.15) is 2.85 Å². The van der Waals surface area contributed by atoms with Crippen LogP contribution in [0, 0.1) is 11.6 Å². The third-order valence-electron chi connectivity index (χ3n) is 1.19. The van der Waals surface area contributed by atoms with Gasteiger partial charge >= 0.3 is 23.1 Å². The third kappa shape index (κ3) is 2.57. The molecular weight excluding hydrogens is 242 g/mol. The number of hydrogen-bond acceptors (Lipinski definition) is 1. The Balaban J connectivity index is -0.000000403. The van der Waals surface area contributed by atoms with Crippen LogP contribution in [0.4, 0.5) is 8.78 Å². The Labute approximate surface area is 96.3 Å². The minimum Gasteiger partial charge on any atom is -1.00 e. The van der Waals surface area contributed by atoms with Gasteiger partial charge in [-0.1, -0.05) is 0 Å². The molecule has 0 saturated carbocycles. The van der Waals surface area contributed by atoms with E-state index in [0.29, 0.717) is 0 Å². The molecule has 1 aromatic carbocycles. The molecule has 0 aliphatic rings. The molecule has 64 valence electrons. The van der Waals surface area contributed by atoms with Gasteiger partial charge in [0.1, 0.15) is 5.82 Å². The zero-order chi connectivity index (χ0) is 8.43. The Hall–Kier alpha value is 0.126. The van der Waals surface area contributed by atoms with E-state index < -0.39 is 11.6 Å². The fourth-order valence-corrected chi connectivity index (χ4v) is 0.976. The van der Waals surface area contributed by atoms with Crippen LogP contribution in [0.5, 0.6) is 5.75 Å².